The number of aromatic nitrogens is 1. The minimum Gasteiger partial charge on any atom is -0.484 e. The highest BCUT2D eigenvalue weighted by atomic mass is 19.1. The lowest BCUT2D eigenvalue weighted by molar-refractivity contribution is -0.135. The SMILES string of the molecule is N#CC1(Cc2ccc(F)cc2)CCN(C(=O)COc2ccc3cnccc3c2)CC1. The highest BCUT2D eigenvalue weighted by Crippen LogP contribution is 2.34. The zero-order valence-corrected chi connectivity index (χ0v) is 16.6. The molecule has 30 heavy (non-hydrogen) atoms. The van der Waals surface area contributed by atoms with E-state index in [2.05, 4.69) is 11.1 Å². The van der Waals surface area contributed by atoms with Gasteiger partial charge in [0.1, 0.15) is 11.6 Å². The summed E-state index contributed by atoms with van der Waals surface area (Å²) < 4.78 is 18.8. The van der Waals surface area contributed by atoms with Gasteiger partial charge in [0, 0.05) is 30.9 Å². The Balaban J connectivity index is 1.32. The summed E-state index contributed by atoms with van der Waals surface area (Å²) in [5, 5.41) is 11.8. The van der Waals surface area contributed by atoms with E-state index in [-0.39, 0.29) is 18.3 Å². The minimum absolute atomic E-state index is 0.0336. The Morgan fingerprint density at radius 1 is 1.13 bits per heavy atom. The van der Waals surface area contributed by atoms with Crippen molar-refractivity contribution in [3.8, 4) is 11.8 Å². The zero-order chi connectivity index (χ0) is 21.0. The fourth-order valence-electron chi connectivity index (χ4n) is 3.89. The molecule has 5 nitrogen and oxygen atoms in total. The van der Waals surface area contributed by atoms with Crippen LogP contribution in [0, 0.1) is 22.6 Å². The Bertz CT molecular complexity index is 1080. The average molecular weight is 403 g/mol. The van der Waals surface area contributed by atoms with E-state index in [4.69, 9.17) is 4.74 Å². The number of carbonyl (C=O) groups is 1. The van der Waals surface area contributed by atoms with Crippen molar-refractivity contribution in [3.05, 3.63) is 72.3 Å². The number of hydrogen-bond donors (Lipinski definition) is 0. The van der Waals surface area contributed by atoms with Gasteiger partial charge in [-0.15, -0.1) is 0 Å². The summed E-state index contributed by atoms with van der Waals surface area (Å²) in [5.41, 5.74) is 0.412. The van der Waals surface area contributed by atoms with Crippen molar-refractivity contribution in [2.45, 2.75) is 19.3 Å². The summed E-state index contributed by atoms with van der Waals surface area (Å²) in [5.74, 6) is 0.271. The van der Waals surface area contributed by atoms with Crippen molar-refractivity contribution in [3.63, 3.8) is 0 Å². The molecule has 1 saturated heterocycles. The molecule has 0 saturated carbocycles. The predicted octanol–water partition coefficient (Wildman–Crippen LogP) is 4.13. The monoisotopic (exact) mass is 403 g/mol. The second-order valence-electron chi connectivity index (χ2n) is 7.75. The van der Waals surface area contributed by atoms with Crippen LogP contribution in [0.25, 0.3) is 10.8 Å². The molecule has 4 rings (SSSR count). The van der Waals surface area contributed by atoms with Crippen LogP contribution in [0.15, 0.2) is 60.9 Å². The molecule has 0 spiro atoms. The molecule has 1 aromatic heterocycles. The molecular formula is C24H22FN3O2. The van der Waals surface area contributed by atoms with E-state index in [0.29, 0.717) is 38.1 Å². The maximum atomic E-state index is 13.1. The van der Waals surface area contributed by atoms with E-state index in [1.807, 2.05) is 24.3 Å². The van der Waals surface area contributed by atoms with Crippen LogP contribution in [0.1, 0.15) is 18.4 Å². The van der Waals surface area contributed by atoms with Crippen molar-refractivity contribution < 1.29 is 13.9 Å². The molecule has 3 aromatic rings. The molecule has 0 atom stereocenters. The van der Waals surface area contributed by atoms with Gasteiger partial charge in [-0.1, -0.05) is 12.1 Å². The van der Waals surface area contributed by atoms with E-state index < -0.39 is 5.41 Å². The quantitative estimate of drug-likeness (QED) is 0.643. The summed E-state index contributed by atoms with van der Waals surface area (Å²) in [7, 11) is 0. The number of nitriles is 1. The first-order chi connectivity index (χ1) is 14.6. The van der Waals surface area contributed by atoms with E-state index in [0.717, 1.165) is 16.3 Å². The highest BCUT2D eigenvalue weighted by molar-refractivity contribution is 5.83. The van der Waals surface area contributed by atoms with Crippen LogP contribution in [0.5, 0.6) is 5.75 Å². The fourth-order valence-corrected chi connectivity index (χ4v) is 3.89. The summed E-state index contributed by atoms with van der Waals surface area (Å²) in [6.45, 7) is 0.995. The van der Waals surface area contributed by atoms with Crippen molar-refractivity contribution in [2.24, 2.45) is 5.41 Å². The van der Waals surface area contributed by atoms with Crippen LogP contribution < -0.4 is 4.74 Å². The van der Waals surface area contributed by atoms with Crippen molar-refractivity contribution in [2.75, 3.05) is 19.7 Å². The van der Waals surface area contributed by atoms with Gasteiger partial charge >= 0.3 is 0 Å². The van der Waals surface area contributed by atoms with E-state index in [9.17, 15) is 14.4 Å². The first-order valence-electron chi connectivity index (χ1n) is 9.97. The number of nitrogens with zero attached hydrogens (tertiary/aromatic N) is 3. The molecular weight excluding hydrogens is 381 g/mol. The van der Waals surface area contributed by atoms with Crippen LogP contribution in [0.4, 0.5) is 4.39 Å². The van der Waals surface area contributed by atoms with Crippen LogP contribution in [0.2, 0.25) is 0 Å². The van der Waals surface area contributed by atoms with Gasteiger partial charge in [0.05, 0.1) is 11.5 Å². The van der Waals surface area contributed by atoms with Crippen LogP contribution >= 0.6 is 0 Å². The molecule has 1 aliphatic rings. The Morgan fingerprint density at radius 3 is 2.63 bits per heavy atom. The van der Waals surface area contributed by atoms with Gasteiger partial charge in [0.2, 0.25) is 0 Å². The first-order valence-corrected chi connectivity index (χ1v) is 9.97. The van der Waals surface area contributed by atoms with Gasteiger partial charge in [-0.3, -0.25) is 9.78 Å². The molecule has 1 fully saturated rings. The zero-order valence-electron chi connectivity index (χ0n) is 16.6. The van der Waals surface area contributed by atoms with Crippen LogP contribution in [-0.2, 0) is 11.2 Å². The topological polar surface area (TPSA) is 66.2 Å². The molecule has 2 heterocycles. The summed E-state index contributed by atoms with van der Waals surface area (Å²) in [4.78, 5) is 18.4. The molecule has 0 bridgehead atoms. The second kappa shape index (κ2) is 8.50. The van der Waals surface area contributed by atoms with Crippen LogP contribution in [-0.4, -0.2) is 35.5 Å². The van der Waals surface area contributed by atoms with Crippen molar-refractivity contribution in [1.82, 2.24) is 9.88 Å². The third kappa shape index (κ3) is 4.41. The molecule has 6 heteroatoms. The lowest BCUT2D eigenvalue weighted by Crippen LogP contribution is -2.45. The number of ether oxygens (including phenoxy) is 1. The van der Waals surface area contributed by atoms with Crippen LogP contribution in [0.3, 0.4) is 0 Å². The standard InChI is InChI=1S/C24H22FN3O2/c25-21-4-1-18(2-5-21)14-24(17-26)8-11-28(12-9-24)23(29)16-30-22-6-3-20-15-27-10-7-19(20)13-22/h1-7,10,13,15H,8-9,11-12,14,16H2. The Kier molecular flexibility index (Phi) is 5.62. The lowest BCUT2D eigenvalue weighted by Gasteiger charge is -2.37. The van der Waals surface area contributed by atoms with E-state index in [1.54, 1.807) is 29.4 Å². The number of piperidine rings is 1. The predicted molar refractivity (Wildman–Crippen MR) is 111 cm³/mol. The number of carbonyl (C=O) groups excluding carboxylic acids is 1. The summed E-state index contributed by atoms with van der Waals surface area (Å²) >= 11 is 0. The molecule has 0 unspecified atom stereocenters. The smallest absolute Gasteiger partial charge is 0.260 e. The molecule has 152 valence electrons. The fraction of sp³-hybridized carbons (Fsp3) is 0.292. The number of fused-ring (bicyclic) bond motifs is 1. The lowest BCUT2D eigenvalue weighted by atomic mass is 9.75. The Morgan fingerprint density at radius 2 is 1.90 bits per heavy atom. The maximum absolute atomic E-state index is 13.1. The third-order valence-electron chi connectivity index (χ3n) is 5.74. The van der Waals surface area contributed by atoms with Crippen molar-refractivity contribution >= 4 is 16.7 Å². The number of halogens is 1. The van der Waals surface area contributed by atoms with Gasteiger partial charge in [-0.25, -0.2) is 4.39 Å². The van der Waals surface area contributed by atoms with Gasteiger partial charge in [0.15, 0.2) is 6.61 Å². The molecule has 1 aliphatic heterocycles. The number of hydrogen-bond acceptors (Lipinski definition) is 4. The van der Waals surface area contributed by atoms with Gasteiger partial charge in [-0.2, -0.15) is 5.26 Å². The molecule has 0 radical (unpaired) electrons. The number of rotatable bonds is 5. The highest BCUT2D eigenvalue weighted by Gasteiger charge is 2.36. The minimum atomic E-state index is -0.526. The normalized spacial score (nSPS) is 15.5. The first kappa shape index (κ1) is 19.8. The van der Waals surface area contributed by atoms with Crippen molar-refractivity contribution in [1.29, 1.82) is 5.26 Å². The van der Waals surface area contributed by atoms with E-state index >= 15 is 0 Å². The maximum Gasteiger partial charge on any atom is 0.260 e. The number of amides is 1. The number of benzene rings is 2. The summed E-state index contributed by atoms with van der Waals surface area (Å²) in [6, 6.07) is 16.3. The largest absolute Gasteiger partial charge is 0.484 e. The van der Waals surface area contributed by atoms with Gasteiger partial charge in [0.25, 0.3) is 5.91 Å². The van der Waals surface area contributed by atoms with Gasteiger partial charge in [-0.05, 0) is 66.6 Å². The summed E-state index contributed by atoms with van der Waals surface area (Å²) in [6.07, 6.45) is 5.25. The molecule has 0 aliphatic carbocycles. The second-order valence-corrected chi connectivity index (χ2v) is 7.75. The Labute approximate surface area is 174 Å². The van der Waals surface area contributed by atoms with E-state index in [1.165, 1.54) is 12.1 Å². The number of likely N-dealkylation sites (tertiary alicyclic amines) is 1. The molecule has 2 aromatic carbocycles. The average Bonchev–Trinajstić information content (AvgIpc) is 2.79. The molecule has 1 amide bonds. The van der Waals surface area contributed by atoms with Gasteiger partial charge < -0.3 is 9.64 Å². The number of pyridine rings is 1. The Hall–Kier alpha value is -3.46. The molecule has 0 N–H and O–H groups in total. The third-order valence-corrected chi connectivity index (χ3v) is 5.74.